The number of amides is 1. The van der Waals surface area contributed by atoms with E-state index in [4.69, 9.17) is 4.74 Å². The minimum atomic E-state index is -0.853. The number of H-pyrrole nitrogens is 1. The lowest BCUT2D eigenvalue weighted by Crippen LogP contribution is -2.43. The second-order valence-electron chi connectivity index (χ2n) is 8.54. The van der Waals surface area contributed by atoms with Crippen LogP contribution in [0.15, 0.2) is 54.6 Å². The quantitative estimate of drug-likeness (QED) is 0.683. The van der Waals surface area contributed by atoms with Gasteiger partial charge in [0.25, 0.3) is 0 Å². The second-order valence-corrected chi connectivity index (χ2v) is 8.54. The van der Waals surface area contributed by atoms with E-state index in [0.717, 1.165) is 41.7 Å². The van der Waals surface area contributed by atoms with Gasteiger partial charge in [-0.15, -0.1) is 0 Å². The molecule has 1 saturated heterocycles. The molecule has 30 heavy (non-hydrogen) atoms. The number of rotatable bonds is 5. The van der Waals surface area contributed by atoms with Gasteiger partial charge >= 0.3 is 0 Å². The Hall–Kier alpha value is -2.70. The van der Waals surface area contributed by atoms with Crippen molar-refractivity contribution in [2.24, 2.45) is 11.8 Å². The summed E-state index contributed by atoms with van der Waals surface area (Å²) in [6, 6.07) is 17.7. The van der Waals surface area contributed by atoms with Gasteiger partial charge in [0.15, 0.2) is 0 Å². The monoisotopic (exact) mass is 405 g/mol. The third-order valence-electron chi connectivity index (χ3n) is 6.72. The second kappa shape index (κ2) is 7.85. The lowest BCUT2D eigenvalue weighted by atomic mass is 9.67. The van der Waals surface area contributed by atoms with Crippen LogP contribution in [0.5, 0.6) is 0 Å². The normalized spacial score (nSPS) is 26.1. The van der Waals surface area contributed by atoms with Crippen LogP contribution < -0.4 is 0 Å². The van der Waals surface area contributed by atoms with Crippen molar-refractivity contribution < 1.29 is 14.6 Å². The molecule has 3 atom stereocenters. The van der Waals surface area contributed by atoms with Gasteiger partial charge in [-0.3, -0.25) is 4.79 Å². The summed E-state index contributed by atoms with van der Waals surface area (Å²) in [6.45, 7) is 1.59. The smallest absolute Gasteiger partial charge is 0.248 e. The summed E-state index contributed by atoms with van der Waals surface area (Å²) >= 11 is 0. The molecule has 1 aromatic heterocycles. The average Bonchev–Trinajstić information content (AvgIpc) is 3.39. The van der Waals surface area contributed by atoms with Crippen molar-refractivity contribution in [3.63, 3.8) is 0 Å². The molecule has 0 spiro atoms. The number of hydrogen-bond acceptors (Lipinski definition) is 4. The minimum Gasteiger partial charge on any atom is -0.385 e. The molecule has 6 heteroatoms. The average molecular weight is 405 g/mol. The Kier molecular flexibility index (Phi) is 5.05. The maximum Gasteiger partial charge on any atom is 0.248 e. The molecule has 0 radical (unpaired) electrons. The molecule has 1 amide bonds. The highest BCUT2D eigenvalue weighted by molar-refractivity contribution is 5.78. The highest BCUT2D eigenvalue weighted by Gasteiger charge is 2.50. The van der Waals surface area contributed by atoms with Crippen molar-refractivity contribution in [1.29, 1.82) is 0 Å². The first-order valence-corrected chi connectivity index (χ1v) is 10.7. The van der Waals surface area contributed by atoms with E-state index in [-0.39, 0.29) is 25.0 Å². The van der Waals surface area contributed by atoms with Crippen LogP contribution in [-0.4, -0.2) is 45.6 Å². The van der Waals surface area contributed by atoms with Crippen LogP contribution in [-0.2, 0) is 21.7 Å². The third-order valence-corrected chi connectivity index (χ3v) is 6.72. The zero-order valence-corrected chi connectivity index (χ0v) is 17.0. The van der Waals surface area contributed by atoms with E-state index in [2.05, 4.69) is 9.97 Å². The number of imidazole rings is 1. The molecule has 2 aromatic carbocycles. The van der Waals surface area contributed by atoms with Crippen molar-refractivity contribution in [3.8, 4) is 0 Å². The van der Waals surface area contributed by atoms with Gasteiger partial charge in [-0.05, 0) is 42.9 Å². The Morgan fingerprint density at radius 3 is 2.80 bits per heavy atom. The predicted octanol–water partition coefficient (Wildman–Crippen LogP) is 3.23. The fourth-order valence-corrected chi connectivity index (χ4v) is 5.21. The van der Waals surface area contributed by atoms with E-state index in [1.807, 2.05) is 59.5 Å². The number of carbonyl (C=O) groups is 1. The summed E-state index contributed by atoms with van der Waals surface area (Å²) in [6.07, 6.45) is 2.79. The van der Waals surface area contributed by atoms with Gasteiger partial charge in [-0.25, -0.2) is 4.98 Å². The molecule has 2 fully saturated rings. The Morgan fingerprint density at radius 1 is 1.17 bits per heavy atom. The summed E-state index contributed by atoms with van der Waals surface area (Å²) in [5, 5.41) is 11.5. The third kappa shape index (κ3) is 3.50. The molecule has 1 saturated carbocycles. The molecule has 6 nitrogen and oxygen atoms in total. The highest BCUT2D eigenvalue weighted by atomic mass is 16.5. The number of aromatic amines is 1. The van der Waals surface area contributed by atoms with E-state index < -0.39 is 5.60 Å². The van der Waals surface area contributed by atoms with E-state index in [9.17, 15) is 9.90 Å². The zero-order valence-electron chi connectivity index (χ0n) is 17.0. The highest BCUT2D eigenvalue weighted by Crippen LogP contribution is 2.48. The number of nitrogens with zero attached hydrogens (tertiary/aromatic N) is 2. The zero-order chi connectivity index (χ0) is 20.6. The van der Waals surface area contributed by atoms with Crippen LogP contribution in [0, 0.1) is 11.8 Å². The molecule has 2 aliphatic rings. The molecule has 0 unspecified atom stereocenters. The largest absolute Gasteiger partial charge is 0.385 e. The summed E-state index contributed by atoms with van der Waals surface area (Å²) in [7, 11) is 0. The van der Waals surface area contributed by atoms with Crippen molar-refractivity contribution in [2.75, 3.05) is 19.7 Å². The van der Waals surface area contributed by atoms with Gasteiger partial charge in [-0.2, -0.15) is 0 Å². The van der Waals surface area contributed by atoms with Crippen molar-refractivity contribution in [3.05, 3.63) is 66.0 Å². The van der Waals surface area contributed by atoms with E-state index in [1.165, 1.54) is 0 Å². The number of aliphatic hydroxyl groups is 1. The topological polar surface area (TPSA) is 78.5 Å². The molecule has 1 aliphatic carbocycles. The van der Waals surface area contributed by atoms with Crippen LogP contribution >= 0.6 is 0 Å². The standard InChI is InChI=1S/C24H27N3O3/c28-23(16-30-15-22-25-20-10-4-5-11-21(20)26-22)27-13-17-7-6-12-24(29,19(17)14-27)18-8-2-1-3-9-18/h1-5,8-11,17,19,29H,6-7,12-16H2,(H,25,26)/t17-,19+,24+/m0/s1. The van der Waals surface area contributed by atoms with Crippen LogP contribution in [0.1, 0.15) is 30.7 Å². The molecule has 156 valence electrons. The number of para-hydroxylation sites is 2. The van der Waals surface area contributed by atoms with E-state index >= 15 is 0 Å². The number of hydrogen-bond donors (Lipinski definition) is 2. The molecule has 5 rings (SSSR count). The molecule has 3 aromatic rings. The van der Waals surface area contributed by atoms with Crippen molar-refractivity contribution >= 4 is 16.9 Å². The fourth-order valence-electron chi connectivity index (χ4n) is 5.21. The number of carbonyl (C=O) groups excluding carboxylic acids is 1. The van der Waals surface area contributed by atoms with Gasteiger partial charge in [0.1, 0.15) is 19.0 Å². The van der Waals surface area contributed by atoms with E-state index in [0.29, 0.717) is 19.0 Å². The van der Waals surface area contributed by atoms with Crippen molar-refractivity contribution in [1.82, 2.24) is 14.9 Å². The lowest BCUT2D eigenvalue weighted by Gasteiger charge is -2.41. The van der Waals surface area contributed by atoms with Gasteiger partial charge in [0.05, 0.1) is 16.6 Å². The van der Waals surface area contributed by atoms with Gasteiger partial charge in [0.2, 0.25) is 5.91 Å². The molecule has 2 N–H and O–H groups in total. The molecule has 0 bridgehead atoms. The van der Waals surface area contributed by atoms with Gasteiger partial charge in [0, 0.05) is 19.0 Å². The molecular weight excluding hydrogens is 378 g/mol. The number of nitrogens with one attached hydrogen (secondary N) is 1. The Labute approximate surface area is 175 Å². The number of aromatic nitrogens is 2. The van der Waals surface area contributed by atoms with Crippen LogP contribution in [0.3, 0.4) is 0 Å². The fraction of sp³-hybridized carbons (Fsp3) is 0.417. The van der Waals surface area contributed by atoms with Crippen LogP contribution in [0.25, 0.3) is 11.0 Å². The maximum atomic E-state index is 12.8. The maximum absolute atomic E-state index is 12.8. The first-order valence-electron chi connectivity index (χ1n) is 10.7. The number of likely N-dealkylation sites (tertiary alicyclic amines) is 1. The summed E-state index contributed by atoms with van der Waals surface area (Å²) in [5.41, 5.74) is 1.97. The first kappa shape index (κ1) is 19.3. The van der Waals surface area contributed by atoms with Crippen LogP contribution in [0.2, 0.25) is 0 Å². The Balaban J connectivity index is 1.21. The summed E-state index contributed by atoms with van der Waals surface area (Å²) in [5.74, 6) is 1.12. The summed E-state index contributed by atoms with van der Waals surface area (Å²) < 4.78 is 5.67. The summed E-state index contributed by atoms with van der Waals surface area (Å²) in [4.78, 5) is 22.3. The van der Waals surface area contributed by atoms with Gasteiger partial charge in [-0.1, -0.05) is 42.5 Å². The van der Waals surface area contributed by atoms with Gasteiger partial charge < -0.3 is 19.7 Å². The Bertz CT molecular complexity index is 1000. The molecule has 2 heterocycles. The molecule has 1 aliphatic heterocycles. The van der Waals surface area contributed by atoms with Crippen molar-refractivity contribution in [2.45, 2.75) is 31.5 Å². The number of fused-ring (bicyclic) bond motifs is 2. The van der Waals surface area contributed by atoms with Crippen LogP contribution in [0.4, 0.5) is 0 Å². The lowest BCUT2D eigenvalue weighted by molar-refractivity contribution is -0.136. The minimum absolute atomic E-state index is 0.0177. The molecular formula is C24H27N3O3. The first-order chi connectivity index (χ1) is 14.6. The Morgan fingerprint density at radius 2 is 1.97 bits per heavy atom. The van der Waals surface area contributed by atoms with E-state index in [1.54, 1.807) is 0 Å². The predicted molar refractivity (Wildman–Crippen MR) is 113 cm³/mol. The number of ether oxygens (including phenoxy) is 1. The SMILES string of the molecule is O=C(COCc1nc2ccccc2[nH]1)N1C[C@@H]2CCC[C@@](O)(c3ccccc3)[C@@H]2C1. The number of benzene rings is 2.